The molecule has 0 amide bonds. The fourth-order valence-corrected chi connectivity index (χ4v) is 5.69. The van der Waals surface area contributed by atoms with Crippen LogP contribution in [0.4, 0.5) is 0 Å². The molecule has 0 aliphatic carbocycles. The van der Waals surface area contributed by atoms with Crippen molar-refractivity contribution < 1.29 is 13.5 Å². The van der Waals surface area contributed by atoms with Crippen molar-refractivity contribution in [3.63, 3.8) is 0 Å². The molecule has 2 heterocycles. The first-order valence-electron chi connectivity index (χ1n) is 8.70. The molecule has 4 rings (SSSR count). The Morgan fingerprint density at radius 1 is 1.19 bits per heavy atom. The normalized spacial score (nSPS) is 18.2. The number of sulfonamides is 1. The molecule has 1 atom stereocenters. The molecule has 1 aromatic heterocycles. The average molecular weight is 370 g/mol. The van der Waals surface area contributed by atoms with Crippen molar-refractivity contribution in [3.05, 3.63) is 64.8 Å². The van der Waals surface area contributed by atoms with E-state index >= 15 is 0 Å². The number of aliphatic hydroxyl groups excluding tert-OH is 1. The fourth-order valence-electron chi connectivity index (χ4n) is 3.90. The van der Waals surface area contributed by atoms with Gasteiger partial charge in [0.1, 0.15) is 0 Å². The van der Waals surface area contributed by atoms with Crippen molar-refractivity contribution in [2.45, 2.75) is 37.8 Å². The summed E-state index contributed by atoms with van der Waals surface area (Å²) in [6.45, 7) is 3.79. The minimum atomic E-state index is -3.70. The highest BCUT2D eigenvalue weighted by atomic mass is 32.2. The van der Waals surface area contributed by atoms with E-state index in [2.05, 4.69) is 4.98 Å². The number of aryl methyl sites for hydroxylation is 2. The van der Waals surface area contributed by atoms with Crippen LogP contribution in [0.25, 0.3) is 10.9 Å². The van der Waals surface area contributed by atoms with Crippen molar-refractivity contribution in [2.24, 2.45) is 0 Å². The number of nitrogens with zero attached hydrogens (tertiary/aromatic N) is 1. The summed E-state index contributed by atoms with van der Waals surface area (Å²) in [6, 6.07) is 12.8. The summed E-state index contributed by atoms with van der Waals surface area (Å²) >= 11 is 0. The van der Waals surface area contributed by atoms with Crippen molar-refractivity contribution in [3.8, 4) is 0 Å². The maximum atomic E-state index is 13.3. The van der Waals surface area contributed by atoms with E-state index < -0.39 is 16.1 Å². The lowest BCUT2D eigenvalue weighted by molar-refractivity contribution is 0.173. The van der Waals surface area contributed by atoms with Crippen LogP contribution in [-0.2, 0) is 23.0 Å². The molecule has 0 radical (unpaired) electrons. The van der Waals surface area contributed by atoms with E-state index in [1.165, 1.54) is 4.31 Å². The number of hydrogen-bond donors (Lipinski definition) is 2. The second-order valence-corrected chi connectivity index (χ2v) is 8.85. The number of hydrogen-bond acceptors (Lipinski definition) is 3. The Morgan fingerprint density at radius 2 is 1.96 bits per heavy atom. The molecule has 5 nitrogen and oxygen atoms in total. The molecule has 1 unspecified atom stereocenters. The molecule has 1 aliphatic rings. The summed E-state index contributed by atoms with van der Waals surface area (Å²) in [6.07, 6.45) is 0.500. The smallest absolute Gasteiger partial charge is 0.244 e. The van der Waals surface area contributed by atoms with E-state index in [0.29, 0.717) is 11.3 Å². The predicted octanol–water partition coefficient (Wildman–Crippen LogP) is 2.89. The Labute approximate surface area is 153 Å². The number of para-hydroxylation sites is 1. The summed E-state index contributed by atoms with van der Waals surface area (Å²) < 4.78 is 28.1. The number of fused-ring (bicyclic) bond motifs is 3. The molecule has 2 aromatic carbocycles. The Hall–Kier alpha value is -2.15. The lowest BCUT2D eigenvalue weighted by Crippen LogP contribution is -2.46. The standard InChI is InChI=1S/C20H22N2O3S/c1-13-7-8-20(14(2)9-13)26(24,25)22-11-19-17(10-15(22)12-23)16-5-3-4-6-18(16)21-19/h3-9,15,21,23H,10-12H2,1-2H3. The molecule has 0 bridgehead atoms. The van der Waals surface area contributed by atoms with E-state index in [9.17, 15) is 13.5 Å². The molecule has 136 valence electrons. The molecule has 0 saturated heterocycles. The van der Waals surface area contributed by atoms with Gasteiger partial charge in [0.25, 0.3) is 0 Å². The van der Waals surface area contributed by atoms with Gasteiger partial charge in [-0.3, -0.25) is 0 Å². The van der Waals surface area contributed by atoms with Crippen molar-refractivity contribution in [1.29, 1.82) is 0 Å². The number of aliphatic hydroxyl groups is 1. The highest BCUT2D eigenvalue weighted by molar-refractivity contribution is 7.89. The van der Waals surface area contributed by atoms with Gasteiger partial charge in [0.15, 0.2) is 0 Å². The van der Waals surface area contributed by atoms with Gasteiger partial charge in [-0.05, 0) is 43.5 Å². The van der Waals surface area contributed by atoms with Crippen molar-refractivity contribution in [1.82, 2.24) is 9.29 Å². The lowest BCUT2D eigenvalue weighted by Gasteiger charge is -2.34. The van der Waals surface area contributed by atoms with Gasteiger partial charge in [0.05, 0.1) is 24.1 Å². The maximum absolute atomic E-state index is 13.3. The van der Waals surface area contributed by atoms with E-state index in [0.717, 1.165) is 33.3 Å². The van der Waals surface area contributed by atoms with Gasteiger partial charge in [0, 0.05) is 16.6 Å². The summed E-state index contributed by atoms with van der Waals surface area (Å²) in [5.74, 6) is 0. The summed E-state index contributed by atoms with van der Waals surface area (Å²) in [5.41, 5.74) is 4.76. The third-order valence-corrected chi connectivity index (χ3v) is 7.25. The largest absolute Gasteiger partial charge is 0.395 e. The molecule has 3 aromatic rings. The molecular formula is C20H22N2O3S. The van der Waals surface area contributed by atoms with Gasteiger partial charge in [0.2, 0.25) is 10.0 Å². The summed E-state index contributed by atoms with van der Waals surface area (Å²) in [5, 5.41) is 11.0. The molecule has 26 heavy (non-hydrogen) atoms. The highest BCUT2D eigenvalue weighted by Gasteiger charge is 2.37. The third-order valence-electron chi connectivity index (χ3n) is 5.19. The first-order valence-corrected chi connectivity index (χ1v) is 10.1. The predicted molar refractivity (Wildman–Crippen MR) is 102 cm³/mol. The van der Waals surface area contributed by atoms with Crippen LogP contribution in [0.3, 0.4) is 0 Å². The summed E-state index contributed by atoms with van der Waals surface area (Å²) in [4.78, 5) is 3.66. The molecular weight excluding hydrogens is 348 g/mol. The lowest BCUT2D eigenvalue weighted by atomic mass is 9.99. The van der Waals surface area contributed by atoms with Crippen LogP contribution in [0.5, 0.6) is 0 Å². The fraction of sp³-hybridized carbons (Fsp3) is 0.300. The van der Waals surface area contributed by atoms with Crippen molar-refractivity contribution >= 4 is 20.9 Å². The molecule has 0 spiro atoms. The van der Waals surface area contributed by atoms with Crippen LogP contribution in [0.15, 0.2) is 47.4 Å². The molecule has 2 N–H and O–H groups in total. The van der Waals surface area contributed by atoms with Crippen LogP contribution in [-0.4, -0.2) is 35.5 Å². The van der Waals surface area contributed by atoms with Crippen LogP contribution >= 0.6 is 0 Å². The molecule has 6 heteroatoms. The molecule has 1 aliphatic heterocycles. The van der Waals surface area contributed by atoms with Crippen LogP contribution in [0.2, 0.25) is 0 Å². The Morgan fingerprint density at radius 3 is 2.69 bits per heavy atom. The number of benzene rings is 2. The van der Waals surface area contributed by atoms with Gasteiger partial charge in [-0.1, -0.05) is 35.9 Å². The molecule has 0 fully saturated rings. The topological polar surface area (TPSA) is 73.4 Å². The quantitative estimate of drug-likeness (QED) is 0.745. The Bertz CT molecular complexity index is 1090. The zero-order valence-corrected chi connectivity index (χ0v) is 15.7. The highest BCUT2D eigenvalue weighted by Crippen LogP contribution is 2.34. The minimum absolute atomic E-state index is 0.205. The van der Waals surface area contributed by atoms with Crippen molar-refractivity contribution in [2.75, 3.05) is 6.61 Å². The van der Waals surface area contributed by atoms with Gasteiger partial charge < -0.3 is 10.1 Å². The maximum Gasteiger partial charge on any atom is 0.244 e. The van der Waals surface area contributed by atoms with E-state index in [-0.39, 0.29) is 13.2 Å². The van der Waals surface area contributed by atoms with Gasteiger partial charge >= 0.3 is 0 Å². The SMILES string of the molecule is Cc1ccc(S(=O)(=O)N2Cc3[nH]c4ccccc4c3CC2CO)c(C)c1. The minimum Gasteiger partial charge on any atom is -0.395 e. The second-order valence-electron chi connectivity index (χ2n) is 6.99. The third kappa shape index (κ3) is 2.65. The molecule has 0 saturated carbocycles. The Kier molecular flexibility index (Phi) is 4.14. The van der Waals surface area contributed by atoms with E-state index in [1.807, 2.05) is 50.2 Å². The Balaban J connectivity index is 1.81. The zero-order valence-electron chi connectivity index (χ0n) is 14.9. The van der Waals surface area contributed by atoms with Crippen LogP contribution < -0.4 is 0 Å². The zero-order chi connectivity index (χ0) is 18.5. The van der Waals surface area contributed by atoms with Gasteiger partial charge in [-0.25, -0.2) is 8.42 Å². The number of aromatic amines is 1. The number of aromatic nitrogens is 1. The number of H-pyrrole nitrogens is 1. The van der Waals surface area contributed by atoms with Crippen LogP contribution in [0, 0.1) is 13.8 Å². The first-order chi connectivity index (χ1) is 12.4. The van der Waals surface area contributed by atoms with Gasteiger partial charge in [-0.2, -0.15) is 4.31 Å². The number of rotatable bonds is 3. The second kappa shape index (κ2) is 6.23. The average Bonchev–Trinajstić information content (AvgIpc) is 2.98. The number of nitrogens with one attached hydrogen (secondary N) is 1. The van der Waals surface area contributed by atoms with Gasteiger partial charge in [-0.15, -0.1) is 0 Å². The van der Waals surface area contributed by atoms with E-state index in [4.69, 9.17) is 0 Å². The first kappa shape index (κ1) is 17.3. The monoisotopic (exact) mass is 370 g/mol. The van der Waals surface area contributed by atoms with E-state index in [1.54, 1.807) is 6.07 Å². The summed E-state index contributed by atoms with van der Waals surface area (Å²) in [7, 11) is -3.70. The van der Waals surface area contributed by atoms with Crippen LogP contribution in [0.1, 0.15) is 22.4 Å².